The Labute approximate surface area is 159 Å². The fourth-order valence-corrected chi connectivity index (χ4v) is 3.66. The number of hydrogen-bond donors (Lipinski definition) is 2. The van der Waals surface area contributed by atoms with Gasteiger partial charge in [0.05, 0.1) is 10.7 Å². The standard InChI is InChI=1S/C17H21N3OS.2ClH/c1-12-20-15(14-5-3-2-4-6-14)16(22-12)17(21)19-10-8-13-7-9-18-11-13;;/h2-6,13,18H,7-11H2,1H3,(H,19,21);2*1H. The summed E-state index contributed by atoms with van der Waals surface area (Å²) in [6, 6.07) is 9.90. The third-order valence-corrected chi connectivity index (χ3v) is 4.96. The molecular weight excluding hydrogens is 365 g/mol. The van der Waals surface area contributed by atoms with Crippen molar-refractivity contribution in [3.63, 3.8) is 0 Å². The molecule has 1 aromatic carbocycles. The molecule has 2 aromatic rings. The maximum Gasteiger partial charge on any atom is 0.263 e. The normalized spacial score (nSPS) is 16.1. The van der Waals surface area contributed by atoms with Crippen LogP contribution in [0.4, 0.5) is 0 Å². The van der Waals surface area contributed by atoms with E-state index in [4.69, 9.17) is 0 Å². The van der Waals surface area contributed by atoms with Gasteiger partial charge in [-0.2, -0.15) is 0 Å². The summed E-state index contributed by atoms with van der Waals surface area (Å²) in [5.74, 6) is 0.687. The first-order chi connectivity index (χ1) is 10.7. The number of carbonyl (C=O) groups excluding carboxylic acids is 1. The molecule has 2 N–H and O–H groups in total. The van der Waals surface area contributed by atoms with E-state index in [0.717, 1.165) is 42.3 Å². The van der Waals surface area contributed by atoms with E-state index in [1.54, 1.807) is 0 Å². The summed E-state index contributed by atoms with van der Waals surface area (Å²) in [7, 11) is 0. The summed E-state index contributed by atoms with van der Waals surface area (Å²) >= 11 is 1.46. The topological polar surface area (TPSA) is 54.0 Å². The molecule has 1 amide bonds. The van der Waals surface area contributed by atoms with Gasteiger partial charge in [-0.3, -0.25) is 4.79 Å². The molecule has 1 aliphatic heterocycles. The van der Waals surface area contributed by atoms with Crippen LogP contribution in [0.15, 0.2) is 30.3 Å². The summed E-state index contributed by atoms with van der Waals surface area (Å²) in [5, 5.41) is 7.33. The Morgan fingerprint density at radius 3 is 2.75 bits per heavy atom. The van der Waals surface area contributed by atoms with Crippen molar-refractivity contribution in [3.05, 3.63) is 40.2 Å². The van der Waals surface area contributed by atoms with Gasteiger partial charge < -0.3 is 10.6 Å². The molecule has 1 aromatic heterocycles. The lowest BCUT2D eigenvalue weighted by atomic mass is 10.1. The van der Waals surface area contributed by atoms with Crippen molar-refractivity contribution in [1.82, 2.24) is 15.6 Å². The molecule has 24 heavy (non-hydrogen) atoms. The summed E-state index contributed by atoms with van der Waals surface area (Å²) in [4.78, 5) is 17.7. The highest BCUT2D eigenvalue weighted by molar-refractivity contribution is 7.14. The van der Waals surface area contributed by atoms with Gasteiger partial charge >= 0.3 is 0 Å². The number of amides is 1. The van der Waals surface area contributed by atoms with Gasteiger partial charge in [-0.25, -0.2) is 4.98 Å². The van der Waals surface area contributed by atoms with Crippen LogP contribution in [0.1, 0.15) is 27.5 Å². The molecular formula is C17H23Cl2N3OS. The van der Waals surface area contributed by atoms with E-state index in [2.05, 4.69) is 15.6 Å². The van der Waals surface area contributed by atoms with Gasteiger partial charge in [0.25, 0.3) is 5.91 Å². The zero-order valence-electron chi connectivity index (χ0n) is 13.6. The molecule has 7 heteroatoms. The maximum absolute atomic E-state index is 12.5. The minimum atomic E-state index is -0.00425. The molecule has 0 spiro atoms. The number of thiazole rings is 1. The van der Waals surface area contributed by atoms with Crippen LogP contribution in [0.25, 0.3) is 11.3 Å². The molecule has 1 saturated heterocycles. The van der Waals surface area contributed by atoms with E-state index in [9.17, 15) is 4.79 Å². The average Bonchev–Trinajstić information content (AvgIpc) is 3.17. The molecule has 0 radical (unpaired) electrons. The largest absolute Gasteiger partial charge is 0.351 e. The van der Waals surface area contributed by atoms with Gasteiger partial charge in [0.1, 0.15) is 4.88 Å². The Morgan fingerprint density at radius 1 is 1.33 bits per heavy atom. The molecule has 0 aliphatic carbocycles. The lowest BCUT2D eigenvalue weighted by molar-refractivity contribution is 0.0956. The summed E-state index contributed by atoms with van der Waals surface area (Å²) in [5.41, 5.74) is 1.79. The molecule has 132 valence electrons. The number of nitrogens with zero attached hydrogens (tertiary/aromatic N) is 1. The summed E-state index contributed by atoms with van der Waals surface area (Å²) in [6.07, 6.45) is 2.25. The first kappa shape index (κ1) is 20.9. The average molecular weight is 388 g/mol. The lowest BCUT2D eigenvalue weighted by Crippen LogP contribution is -2.26. The molecule has 0 bridgehead atoms. The Bertz CT molecular complexity index is 643. The Kier molecular flexibility index (Phi) is 8.70. The molecule has 0 saturated carbocycles. The quantitative estimate of drug-likeness (QED) is 0.822. The Balaban J connectivity index is 0.00000144. The fraction of sp³-hybridized carbons (Fsp3) is 0.412. The second kappa shape index (κ2) is 9.99. The van der Waals surface area contributed by atoms with Crippen LogP contribution < -0.4 is 10.6 Å². The van der Waals surface area contributed by atoms with Crippen LogP contribution in [0.5, 0.6) is 0 Å². The molecule has 1 atom stereocenters. The highest BCUT2D eigenvalue weighted by Crippen LogP contribution is 2.27. The number of benzene rings is 1. The van der Waals surface area contributed by atoms with Gasteiger partial charge in [0.15, 0.2) is 0 Å². The third-order valence-electron chi connectivity index (χ3n) is 3.99. The highest BCUT2D eigenvalue weighted by atomic mass is 35.5. The van der Waals surface area contributed by atoms with E-state index in [0.29, 0.717) is 10.8 Å². The van der Waals surface area contributed by atoms with Crippen molar-refractivity contribution < 1.29 is 4.79 Å². The van der Waals surface area contributed by atoms with E-state index < -0.39 is 0 Å². The van der Waals surface area contributed by atoms with E-state index in [1.165, 1.54) is 17.8 Å². The molecule has 2 heterocycles. The molecule has 1 aliphatic rings. The van der Waals surface area contributed by atoms with E-state index in [1.807, 2.05) is 37.3 Å². The highest BCUT2D eigenvalue weighted by Gasteiger charge is 2.19. The monoisotopic (exact) mass is 387 g/mol. The maximum atomic E-state index is 12.5. The number of halogens is 2. The number of carbonyl (C=O) groups is 1. The zero-order chi connectivity index (χ0) is 15.4. The van der Waals surface area contributed by atoms with Crippen LogP contribution >= 0.6 is 36.2 Å². The van der Waals surface area contributed by atoms with Crippen LogP contribution in [-0.2, 0) is 0 Å². The van der Waals surface area contributed by atoms with Crippen molar-refractivity contribution in [2.24, 2.45) is 5.92 Å². The van der Waals surface area contributed by atoms with Crippen molar-refractivity contribution >= 4 is 42.1 Å². The number of rotatable bonds is 5. The van der Waals surface area contributed by atoms with E-state index >= 15 is 0 Å². The second-order valence-corrected chi connectivity index (χ2v) is 6.88. The fourth-order valence-electron chi connectivity index (χ4n) is 2.80. The predicted octanol–water partition coefficient (Wildman–Crippen LogP) is 3.69. The van der Waals surface area contributed by atoms with Gasteiger partial charge in [0, 0.05) is 12.1 Å². The van der Waals surface area contributed by atoms with Gasteiger partial charge in [-0.05, 0) is 38.8 Å². The number of aromatic nitrogens is 1. The van der Waals surface area contributed by atoms with Crippen molar-refractivity contribution in [2.75, 3.05) is 19.6 Å². The minimum Gasteiger partial charge on any atom is -0.351 e. The van der Waals surface area contributed by atoms with Crippen molar-refractivity contribution in [2.45, 2.75) is 19.8 Å². The van der Waals surface area contributed by atoms with Crippen molar-refractivity contribution in [1.29, 1.82) is 0 Å². The first-order valence-electron chi connectivity index (χ1n) is 7.76. The lowest BCUT2D eigenvalue weighted by Gasteiger charge is -2.09. The van der Waals surface area contributed by atoms with Crippen LogP contribution in [0.3, 0.4) is 0 Å². The Hall–Kier alpha value is -1.14. The van der Waals surface area contributed by atoms with Crippen molar-refractivity contribution in [3.8, 4) is 11.3 Å². The predicted molar refractivity (Wildman–Crippen MR) is 105 cm³/mol. The minimum absolute atomic E-state index is 0. The van der Waals surface area contributed by atoms with E-state index in [-0.39, 0.29) is 30.7 Å². The third kappa shape index (κ3) is 5.18. The van der Waals surface area contributed by atoms with Crippen LogP contribution in [-0.4, -0.2) is 30.5 Å². The molecule has 3 rings (SSSR count). The van der Waals surface area contributed by atoms with Gasteiger partial charge in [-0.15, -0.1) is 36.2 Å². The zero-order valence-corrected chi connectivity index (χ0v) is 16.0. The number of nitrogens with one attached hydrogen (secondary N) is 2. The number of hydrogen-bond acceptors (Lipinski definition) is 4. The Morgan fingerprint density at radius 2 is 2.08 bits per heavy atom. The molecule has 1 unspecified atom stereocenters. The summed E-state index contributed by atoms with van der Waals surface area (Å²) < 4.78 is 0. The van der Waals surface area contributed by atoms with Gasteiger partial charge in [-0.1, -0.05) is 30.3 Å². The SMILES string of the molecule is Cc1nc(-c2ccccc2)c(C(=O)NCCC2CCNC2)s1.Cl.Cl. The molecule has 1 fully saturated rings. The van der Waals surface area contributed by atoms with Crippen LogP contribution in [0, 0.1) is 12.8 Å². The molecule has 4 nitrogen and oxygen atoms in total. The smallest absolute Gasteiger partial charge is 0.263 e. The first-order valence-corrected chi connectivity index (χ1v) is 8.57. The summed E-state index contributed by atoms with van der Waals surface area (Å²) in [6.45, 7) is 4.85. The van der Waals surface area contributed by atoms with Gasteiger partial charge in [0.2, 0.25) is 0 Å². The number of aryl methyl sites for hydroxylation is 1. The van der Waals surface area contributed by atoms with Crippen LogP contribution in [0.2, 0.25) is 0 Å². The second-order valence-electron chi connectivity index (χ2n) is 5.68.